The summed E-state index contributed by atoms with van der Waals surface area (Å²) in [6.45, 7) is 1.64. The van der Waals surface area contributed by atoms with Gasteiger partial charge in [0.15, 0.2) is 0 Å². The molecule has 1 saturated heterocycles. The third-order valence-corrected chi connectivity index (χ3v) is 4.37. The number of hydrogen-bond donors (Lipinski definition) is 1. The standard InChI is InChI=1S/C17H24N2O5/c20-14-4-1-3-13(14)8-9-18-15(21)6-7-17(23)24-12-11-19-10-2-5-16(19)22/h6-7,13H,1-5,8-12H2,(H,18,21)/b7-6-. The highest BCUT2D eigenvalue weighted by atomic mass is 16.5. The molecular weight excluding hydrogens is 312 g/mol. The van der Waals surface area contributed by atoms with E-state index in [9.17, 15) is 19.2 Å². The van der Waals surface area contributed by atoms with Gasteiger partial charge in [-0.3, -0.25) is 14.4 Å². The minimum atomic E-state index is -0.609. The molecule has 0 aromatic heterocycles. The topological polar surface area (TPSA) is 92.8 Å². The number of amides is 2. The summed E-state index contributed by atoms with van der Waals surface area (Å²) in [5.74, 6) is -0.566. The van der Waals surface area contributed by atoms with Crippen molar-refractivity contribution < 1.29 is 23.9 Å². The van der Waals surface area contributed by atoms with E-state index in [0.29, 0.717) is 38.9 Å². The summed E-state index contributed by atoms with van der Waals surface area (Å²) >= 11 is 0. The predicted octanol–water partition coefficient (Wildman–Crippen LogP) is 0.584. The number of ether oxygens (including phenoxy) is 1. The SMILES string of the molecule is O=C(/C=C\C(=O)OCCN1CCCC1=O)NCCC1CCCC1=O. The highest BCUT2D eigenvalue weighted by Crippen LogP contribution is 2.23. The summed E-state index contributed by atoms with van der Waals surface area (Å²) in [7, 11) is 0. The molecule has 1 atom stereocenters. The van der Waals surface area contributed by atoms with Crippen molar-refractivity contribution in [2.75, 3.05) is 26.2 Å². The number of hydrogen-bond acceptors (Lipinski definition) is 5. The molecule has 132 valence electrons. The van der Waals surface area contributed by atoms with E-state index >= 15 is 0 Å². The number of likely N-dealkylation sites (tertiary alicyclic amines) is 1. The van der Waals surface area contributed by atoms with Gasteiger partial charge in [0.25, 0.3) is 0 Å². The fourth-order valence-electron chi connectivity index (χ4n) is 3.01. The van der Waals surface area contributed by atoms with E-state index in [1.807, 2.05) is 0 Å². The Morgan fingerprint density at radius 1 is 1.21 bits per heavy atom. The average molecular weight is 336 g/mol. The van der Waals surface area contributed by atoms with Crippen LogP contribution < -0.4 is 5.32 Å². The number of rotatable bonds is 8. The maximum absolute atomic E-state index is 11.6. The number of carbonyl (C=O) groups excluding carboxylic acids is 4. The lowest BCUT2D eigenvalue weighted by Crippen LogP contribution is -2.29. The number of nitrogens with zero attached hydrogens (tertiary/aromatic N) is 1. The zero-order chi connectivity index (χ0) is 17.4. The molecule has 24 heavy (non-hydrogen) atoms. The summed E-state index contributed by atoms with van der Waals surface area (Å²) in [5.41, 5.74) is 0. The number of carbonyl (C=O) groups is 4. The molecule has 2 rings (SSSR count). The van der Waals surface area contributed by atoms with Crippen LogP contribution in [0.5, 0.6) is 0 Å². The van der Waals surface area contributed by atoms with E-state index in [0.717, 1.165) is 31.4 Å². The Hall–Kier alpha value is -2.18. The third kappa shape index (κ3) is 5.79. The Bertz CT molecular complexity index is 483. The maximum Gasteiger partial charge on any atom is 0.331 e. The molecule has 2 aliphatic rings. The van der Waals surface area contributed by atoms with Crippen LogP contribution in [0.4, 0.5) is 0 Å². The second-order valence-electron chi connectivity index (χ2n) is 6.12. The summed E-state index contributed by atoms with van der Waals surface area (Å²) in [5, 5.41) is 2.65. The summed E-state index contributed by atoms with van der Waals surface area (Å²) in [4.78, 5) is 47.6. The Balaban J connectivity index is 1.55. The zero-order valence-corrected chi connectivity index (χ0v) is 13.8. The molecule has 0 radical (unpaired) electrons. The van der Waals surface area contributed by atoms with Crippen molar-refractivity contribution in [1.29, 1.82) is 0 Å². The van der Waals surface area contributed by atoms with Crippen molar-refractivity contribution in [3.05, 3.63) is 12.2 Å². The molecule has 2 fully saturated rings. The third-order valence-electron chi connectivity index (χ3n) is 4.37. The molecule has 1 aliphatic carbocycles. The van der Waals surface area contributed by atoms with Crippen molar-refractivity contribution >= 4 is 23.6 Å². The normalized spacial score (nSPS) is 20.8. The van der Waals surface area contributed by atoms with E-state index in [-0.39, 0.29) is 30.1 Å². The highest BCUT2D eigenvalue weighted by Gasteiger charge is 2.23. The van der Waals surface area contributed by atoms with Gasteiger partial charge < -0.3 is 15.0 Å². The van der Waals surface area contributed by atoms with E-state index in [4.69, 9.17) is 4.74 Å². The van der Waals surface area contributed by atoms with E-state index in [1.54, 1.807) is 4.90 Å². The molecule has 0 spiro atoms. The van der Waals surface area contributed by atoms with Gasteiger partial charge in [-0.15, -0.1) is 0 Å². The largest absolute Gasteiger partial charge is 0.461 e. The summed E-state index contributed by atoms with van der Waals surface area (Å²) < 4.78 is 4.96. The van der Waals surface area contributed by atoms with Gasteiger partial charge in [-0.1, -0.05) is 0 Å². The van der Waals surface area contributed by atoms with E-state index in [1.165, 1.54) is 0 Å². The molecule has 1 N–H and O–H groups in total. The molecule has 0 aromatic rings. The first-order valence-electron chi connectivity index (χ1n) is 8.49. The van der Waals surface area contributed by atoms with Crippen LogP contribution in [0.1, 0.15) is 38.5 Å². The van der Waals surface area contributed by atoms with E-state index in [2.05, 4.69) is 5.32 Å². The molecule has 1 aliphatic heterocycles. The molecule has 1 unspecified atom stereocenters. The lowest BCUT2D eigenvalue weighted by Gasteiger charge is -2.14. The van der Waals surface area contributed by atoms with Crippen molar-refractivity contribution in [3.63, 3.8) is 0 Å². The van der Waals surface area contributed by atoms with Gasteiger partial charge >= 0.3 is 5.97 Å². The summed E-state index contributed by atoms with van der Waals surface area (Å²) in [6.07, 6.45) is 6.73. The van der Waals surface area contributed by atoms with Gasteiger partial charge in [0.1, 0.15) is 12.4 Å². The number of Topliss-reactive ketones (excluding diaryl/α,β-unsaturated/α-hetero) is 1. The molecule has 7 heteroatoms. The Labute approximate surface area is 141 Å². The molecular formula is C17H24N2O5. The van der Waals surface area contributed by atoms with Crippen LogP contribution in [-0.2, 0) is 23.9 Å². The van der Waals surface area contributed by atoms with Crippen LogP contribution in [0.2, 0.25) is 0 Å². The minimum Gasteiger partial charge on any atom is -0.461 e. The van der Waals surface area contributed by atoms with E-state index < -0.39 is 5.97 Å². The fourth-order valence-corrected chi connectivity index (χ4v) is 3.01. The lowest BCUT2D eigenvalue weighted by atomic mass is 10.0. The highest BCUT2D eigenvalue weighted by molar-refractivity contribution is 5.94. The average Bonchev–Trinajstić information content (AvgIpc) is 3.14. The van der Waals surface area contributed by atoms with Crippen molar-refractivity contribution in [2.24, 2.45) is 5.92 Å². The fraction of sp³-hybridized carbons (Fsp3) is 0.647. The van der Waals surface area contributed by atoms with Crippen LogP contribution in [0.15, 0.2) is 12.2 Å². The van der Waals surface area contributed by atoms with Crippen LogP contribution in [0.3, 0.4) is 0 Å². The second-order valence-corrected chi connectivity index (χ2v) is 6.12. The first-order chi connectivity index (χ1) is 11.6. The Kier molecular flexibility index (Phi) is 6.96. The molecule has 1 heterocycles. The van der Waals surface area contributed by atoms with Crippen LogP contribution >= 0.6 is 0 Å². The lowest BCUT2D eigenvalue weighted by molar-refractivity contribution is -0.140. The van der Waals surface area contributed by atoms with Gasteiger partial charge in [-0.05, 0) is 25.7 Å². The van der Waals surface area contributed by atoms with Gasteiger partial charge in [0.2, 0.25) is 11.8 Å². The van der Waals surface area contributed by atoms with Crippen LogP contribution in [0, 0.1) is 5.92 Å². The number of esters is 1. The second kappa shape index (κ2) is 9.20. The molecule has 7 nitrogen and oxygen atoms in total. The quantitative estimate of drug-likeness (QED) is 0.517. The van der Waals surface area contributed by atoms with Gasteiger partial charge in [0, 0.05) is 44.0 Å². The molecule has 2 amide bonds. The first kappa shape index (κ1) is 18.2. The smallest absolute Gasteiger partial charge is 0.331 e. The predicted molar refractivity (Wildman–Crippen MR) is 85.9 cm³/mol. The number of nitrogens with one attached hydrogen (secondary N) is 1. The minimum absolute atomic E-state index is 0.0625. The van der Waals surface area contributed by atoms with Crippen LogP contribution in [-0.4, -0.2) is 54.7 Å². The zero-order valence-electron chi connectivity index (χ0n) is 13.8. The first-order valence-corrected chi connectivity index (χ1v) is 8.49. The van der Waals surface area contributed by atoms with Crippen molar-refractivity contribution in [1.82, 2.24) is 10.2 Å². The Morgan fingerprint density at radius 3 is 2.71 bits per heavy atom. The Morgan fingerprint density at radius 2 is 2.04 bits per heavy atom. The van der Waals surface area contributed by atoms with Gasteiger partial charge in [-0.25, -0.2) is 4.79 Å². The molecule has 1 saturated carbocycles. The van der Waals surface area contributed by atoms with Gasteiger partial charge in [-0.2, -0.15) is 0 Å². The maximum atomic E-state index is 11.6. The summed E-state index contributed by atoms with van der Waals surface area (Å²) in [6, 6.07) is 0. The van der Waals surface area contributed by atoms with Crippen molar-refractivity contribution in [2.45, 2.75) is 38.5 Å². The van der Waals surface area contributed by atoms with Crippen LogP contribution in [0.25, 0.3) is 0 Å². The number of ketones is 1. The van der Waals surface area contributed by atoms with Crippen molar-refractivity contribution in [3.8, 4) is 0 Å². The molecule has 0 aromatic carbocycles. The molecule has 0 bridgehead atoms. The monoisotopic (exact) mass is 336 g/mol. The van der Waals surface area contributed by atoms with Gasteiger partial charge in [0.05, 0.1) is 6.54 Å².